The third-order valence-electron chi connectivity index (χ3n) is 7.85. The van der Waals surface area contributed by atoms with Crippen LogP contribution in [0.4, 0.5) is 15.8 Å². The summed E-state index contributed by atoms with van der Waals surface area (Å²) in [5.41, 5.74) is 0.183. The molecule has 4 atom stereocenters. The molecule has 2 saturated heterocycles. The second kappa shape index (κ2) is 8.03. The minimum Gasteiger partial charge on any atom is -0.508 e. The number of halogens is 1. The first-order valence-electron chi connectivity index (χ1n) is 12.3. The smallest absolute Gasteiger partial charge is 0.250 e. The van der Waals surface area contributed by atoms with Crippen molar-refractivity contribution in [3.05, 3.63) is 77.6 Å². The number of anilines is 2. The quantitative estimate of drug-likeness (QED) is 0.459. The standard InChI is InChI=1S/C28H22FN3O6/c29-15-3-7-19-18(12-15)28(27(36)30-19)24-23(20(31-28)11-14-1-5-17(33)6-2-14)25(34)32(26(24)35)16-4-8-21-22(13-16)38-10-9-37-21/h1-8,12-13,20,23-24,31,33H,9-11H2,(H,30,36)/t20-,23-,24+,28+/m1/s1. The molecule has 0 saturated carbocycles. The van der Waals surface area contributed by atoms with Gasteiger partial charge in [0.15, 0.2) is 11.5 Å². The maximum atomic E-state index is 14.4. The van der Waals surface area contributed by atoms with Crippen molar-refractivity contribution in [2.75, 3.05) is 23.4 Å². The van der Waals surface area contributed by atoms with Crippen molar-refractivity contribution in [2.45, 2.75) is 18.0 Å². The van der Waals surface area contributed by atoms with E-state index < -0.39 is 47.0 Å². The maximum absolute atomic E-state index is 14.4. The largest absolute Gasteiger partial charge is 0.508 e. The van der Waals surface area contributed by atoms with Gasteiger partial charge in [-0.3, -0.25) is 19.7 Å². The molecule has 0 unspecified atom stereocenters. The summed E-state index contributed by atoms with van der Waals surface area (Å²) in [4.78, 5) is 42.8. The molecule has 3 amide bonds. The Kier molecular flexibility index (Phi) is 4.80. The zero-order chi connectivity index (χ0) is 26.2. The van der Waals surface area contributed by atoms with Crippen molar-refractivity contribution in [2.24, 2.45) is 11.8 Å². The van der Waals surface area contributed by atoms with E-state index in [2.05, 4.69) is 10.6 Å². The number of hydrogen-bond donors (Lipinski definition) is 3. The van der Waals surface area contributed by atoms with E-state index in [1.165, 1.54) is 30.3 Å². The highest BCUT2D eigenvalue weighted by atomic mass is 19.1. The van der Waals surface area contributed by atoms with Gasteiger partial charge in [0.2, 0.25) is 17.7 Å². The first-order valence-corrected chi connectivity index (χ1v) is 12.3. The third kappa shape index (κ3) is 3.10. The summed E-state index contributed by atoms with van der Waals surface area (Å²) in [5, 5.41) is 15.8. The number of imide groups is 1. The van der Waals surface area contributed by atoms with Crippen LogP contribution in [-0.2, 0) is 26.3 Å². The predicted molar refractivity (Wildman–Crippen MR) is 132 cm³/mol. The maximum Gasteiger partial charge on any atom is 0.250 e. The lowest BCUT2D eigenvalue weighted by Crippen LogP contribution is -2.53. The van der Waals surface area contributed by atoms with Gasteiger partial charge in [0.05, 0.1) is 17.5 Å². The van der Waals surface area contributed by atoms with E-state index in [4.69, 9.17) is 9.47 Å². The lowest BCUT2D eigenvalue weighted by molar-refractivity contribution is -0.130. The number of ether oxygens (including phenoxy) is 2. The zero-order valence-electron chi connectivity index (χ0n) is 19.9. The summed E-state index contributed by atoms with van der Waals surface area (Å²) < 4.78 is 25.7. The van der Waals surface area contributed by atoms with E-state index in [9.17, 15) is 23.9 Å². The Morgan fingerprint density at radius 2 is 1.71 bits per heavy atom. The van der Waals surface area contributed by atoms with Crippen LogP contribution in [0, 0.1) is 17.7 Å². The fourth-order valence-electron chi connectivity index (χ4n) is 6.26. The Balaban J connectivity index is 1.35. The van der Waals surface area contributed by atoms with Crippen LogP contribution in [0.15, 0.2) is 60.7 Å². The first kappa shape index (κ1) is 22.7. The molecular formula is C28H22FN3O6. The normalized spacial score (nSPS) is 27.0. The molecular weight excluding hydrogens is 493 g/mol. The van der Waals surface area contributed by atoms with Crippen molar-refractivity contribution in [3.63, 3.8) is 0 Å². The molecule has 38 heavy (non-hydrogen) atoms. The molecule has 0 radical (unpaired) electrons. The van der Waals surface area contributed by atoms with E-state index in [0.29, 0.717) is 48.1 Å². The van der Waals surface area contributed by atoms with Gasteiger partial charge in [-0.05, 0) is 54.4 Å². The molecule has 9 nitrogen and oxygen atoms in total. The topological polar surface area (TPSA) is 117 Å². The van der Waals surface area contributed by atoms with Crippen LogP contribution in [0.3, 0.4) is 0 Å². The number of rotatable bonds is 3. The van der Waals surface area contributed by atoms with E-state index in [1.807, 2.05) is 0 Å². The Morgan fingerprint density at radius 3 is 2.50 bits per heavy atom. The Labute approximate surface area is 216 Å². The average Bonchev–Trinajstić information content (AvgIpc) is 3.49. The Morgan fingerprint density at radius 1 is 0.947 bits per heavy atom. The molecule has 0 bridgehead atoms. The summed E-state index contributed by atoms with van der Waals surface area (Å²) in [6.07, 6.45) is 0.301. The van der Waals surface area contributed by atoms with Crippen molar-refractivity contribution < 1.29 is 33.4 Å². The summed E-state index contributed by atoms with van der Waals surface area (Å²) in [6, 6.07) is 14.7. The van der Waals surface area contributed by atoms with Crippen LogP contribution in [0.25, 0.3) is 0 Å². The average molecular weight is 515 g/mol. The highest BCUT2D eigenvalue weighted by Gasteiger charge is 2.70. The second-order valence-corrected chi connectivity index (χ2v) is 9.92. The van der Waals surface area contributed by atoms with Gasteiger partial charge in [-0.1, -0.05) is 12.1 Å². The van der Waals surface area contributed by atoms with Crippen molar-refractivity contribution >= 4 is 29.1 Å². The molecule has 4 heterocycles. The Bertz CT molecular complexity index is 1530. The van der Waals surface area contributed by atoms with Gasteiger partial charge in [-0.15, -0.1) is 0 Å². The van der Waals surface area contributed by atoms with E-state index in [-0.39, 0.29) is 5.75 Å². The highest BCUT2D eigenvalue weighted by Crippen LogP contribution is 2.54. The highest BCUT2D eigenvalue weighted by molar-refractivity contribution is 6.26. The molecule has 2 fully saturated rings. The van der Waals surface area contributed by atoms with Gasteiger partial charge in [-0.25, -0.2) is 9.29 Å². The number of phenols is 1. The monoisotopic (exact) mass is 515 g/mol. The molecule has 3 aromatic carbocycles. The number of aromatic hydroxyl groups is 1. The molecule has 7 rings (SSSR count). The number of amides is 3. The number of benzene rings is 3. The minimum atomic E-state index is -1.63. The number of carbonyl (C=O) groups is 3. The Hall–Kier alpha value is -4.44. The third-order valence-corrected chi connectivity index (χ3v) is 7.85. The SMILES string of the molecule is O=C1[C@H]2[C@@H](C(=O)N1c1ccc3c(c1)OCCO3)[C@]1(N[C@@H]2Cc2ccc(O)cc2)C(=O)Nc2ccc(F)cc21. The van der Waals surface area contributed by atoms with Crippen molar-refractivity contribution in [1.82, 2.24) is 5.32 Å². The summed E-state index contributed by atoms with van der Waals surface area (Å²) in [7, 11) is 0. The van der Waals surface area contributed by atoms with Crippen LogP contribution in [0.2, 0.25) is 0 Å². The number of nitrogens with one attached hydrogen (secondary N) is 2. The number of phenolic OH excluding ortho intramolecular Hbond substituents is 1. The van der Waals surface area contributed by atoms with Crippen molar-refractivity contribution in [3.8, 4) is 17.2 Å². The zero-order valence-corrected chi connectivity index (χ0v) is 19.9. The van der Waals surface area contributed by atoms with Crippen LogP contribution < -0.4 is 25.0 Å². The van der Waals surface area contributed by atoms with Gasteiger partial charge >= 0.3 is 0 Å². The predicted octanol–water partition coefficient (Wildman–Crippen LogP) is 2.47. The molecule has 3 aromatic rings. The first-order chi connectivity index (χ1) is 18.4. The lowest BCUT2D eigenvalue weighted by atomic mass is 9.76. The number of fused-ring (bicyclic) bond motifs is 5. The van der Waals surface area contributed by atoms with E-state index in [0.717, 1.165) is 10.5 Å². The molecule has 3 N–H and O–H groups in total. The van der Waals surface area contributed by atoms with Crippen LogP contribution in [0.5, 0.6) is 17.2 Å². The minimum absolute atomic E-state index is 0.0963. The van der Waals surface area contributed by atoms with Gasteiger partial charge in [0, 0.05) is 23.4 Å². The number of carbonyl (C=O) groups excluding carboxylic acids is 3. The molecule has 4 aliphatic heterocycles. The molecule has 0 aromatic heterocycles. The van der Waals surface area contributed by atoms with Gasteiger partial charge in [0.25, 0.3) is 0 Å². The molecule has 10 heteroatoms. The molecule has 192 valence electrons. The molecule has 1 spiro atoms. The van der Waals surface area contributed by atoms with E-state index >= 15 is 0 Å². The van der Waals surface area contributed by atoms with E-state index in [1.54, 1.807) is 30.3 Å². The number of hydrogen-bond acceptors (Lipinski definition) is 7. The lowest BCUT2D eigenvalue weighted by Gasteiger charge is -2.30. The van der Waals surface area contributed by atoms with Crippen LogP contribution in [-0.4, -0.2) is 42.1 Å². The summed E-state index contributed by atoms with van der Waals surface area (Å²) in [6.45, 7) is 0.740. The van der Waals surface area contributed by atoms with Gasteiger partial charge < -0.3 is 19.9 Å². The molecule has 4 aliphatic rings. The number of nitrogens with zero attached hydrogens (tertiary/aromatic N) is 1. The van der Waals surface area contributed by atoms with Gasteiger partial charge in [-0.2, -0.15) is 0 Å². The van der Waals surface area contributed by atoms with Crippen LogP contribution in [0.1, 0.15) is 11.1 Å². The fraction of sp³-hybridized carbons (Fsp3) is 0.250. The van der Waals surface area contributed by atoms with Gasteiger partial charge in [0.1, 0.15) is 30.3 Å². The fourth-order valence-corrected chi connectivity index (χ4v) is 6.26. The molecule has 0 aliphatic carbocycles. The van der Waals surface area contributed by atoms with Crippen LogP contribution >= 0.6 is 0 Å². The summed E-state index contributed by atoms with van der Waals surface area (Å²) >= 11 is 0. The van der Waals surface area contributed by atoms with Crippen molar-refractivity contribution in [1.29, 1.82) is 0 Å². The second-order valence-electron chi connectivity index (χ2n) is 9.92. The summed E-state index contributed by atoms with van der Waals surface area (Å²) in [5.74, 6) is -3.04.